The number of aromatic nitrogens is 2. The molecule has 1 fully saturated rings. The summed E-state index contributed by atoms with van der Waals surface area (Å²) in [4.78, 5) is 19.9. The van der Waals surface area contributed by atoms with Gasteiger partial charge in [0, 0.05) is 30.4 Å². The molecule has 1 saturated heterocycles. The summed E-state index contributed by atoms with van der Waals surface area (Å²) < 4.78 is 7.25. The van der Waals surface area contributed by atoms with E-state index in [9.17, 15) is 4.79 Å². The van der Waals surface area contributed by atoms with E-state index < -0.39 is 0 Å². The van der Waals surface area contributed by atoms with Crippen molar-refractivity contribution >= 4 is 28.9 Å². The minimum absolute atomic E-state index is 0.181. The van der Waals surface area contributed by atoms with Gasteiger partial charge in [-0.1, -0.05) is 30.3 Å². The normalized spacial score (nSPS) is 17.7. The summed E-state index contributed by atoms with van der Waals surface area (Å²) in [6.07, 6.45) is 7.42. The lowest BCUT2D eigenvalue weighted by Crippen LogP contribution is -2.33. The molecule has 3 aromatic rings. The third-order valence-electron chi connectivity index (χ3n) is 5.63. The molecule has 7 heteroatoms. The van der Waals surface area contributed by atoms with E-state index in [4.69, 9.17) is 9.84 Å². The third kappa shape index (κ3) is 4.21. The predicted molar refractivity (Wildman–Crippen MR) is 129 cm³/mol. The molecule has 0 atom stereocenters. The maximum absolute atomic E-state index is 12.7. The summed E-state index contributed by atoms with van der Waals surface area (Å²) in [6.45, 7) is 1.93. The first-order valence-corrected chi connectivity index (χ1v) is 11.6. The smallest absolute Gasteiger partial charge is 0.286 e. The van der Waals surface area contributed by atoms with Gasteiger partial charge in [-0.25, -0.2) is 4.68 Å². The standard InChI is InChI=1S/C25H24N4O2S/c1-31-21-12-8-9-18(15-21)23-19(17-29(27-23)20-10-4-2-5-11-20)16-22-24(30)26-25(32-22)28-13-6-3-7-14-28/h2,4-5,8-12,15-17H,3,6-7,13-14H2,1H3/b22-16-. The fourth-order valence-electron chi connectivity index (χ4n) is 3.96. The average molecular weight is 445 g/mol. The van der Waals surface area contributed by atoms with E-state index in [1.165, 1.54) is 18.2 Å². The molecule has 0 unspecified atom stereocenters. The van der Waals surface area contributed by atoms with E-state index in [0.717, 1.165) is 59.4 Å². The Hall–Kier alpha value is -3.32. The molecular formula is C25H24N4O2S. The number of para-hydroxylation sites is 1. The Morgan fingerprint density at radius 3 is 2.62 bits per heavy atom. The highest BCUT2D eigenvalue weighted by Crippen LogP contribution is 2.34. The van der Waals surface area contributed by atoms with Crippen molar-refractivity contribution in [3.05, 3.63) is 71.3 Å². The van der Waals surface area contributed by atoms with Crippen molar-refractivity contribution in [2.75, 3.05) is 20.2 Å². The number of ether oxygens (including phenoxy) is 1. The maximum Gasteiger partial charge on any atom is 0.286 e. The van der Waals surface area contributed by atoms with E-state index >= 15 is 0 Å². The Kier molecular flexibility index (Phi) is 5.81. The number of rotatable bonds is 4. The molecule has 5 rings (SSSR count). The molecule has 1 aromatic heterocycles. The first-order chi connectivity index (χ1) is 15.7. The minimum atomic E-state index is -0.181. The summed E-state index contributed by atoms with van der Waals surface area (Å²) >= 11 is 1.46. The first-order valence-electron chi connectivity index (χ1n) is 10.8. The lowest BCUT2D eigenvalue weighted by Gasteiger charge is -2.27. The van der Waals surface area contributed by atoms with Crippen LogP contribution in [-0.2, 0) is 4.79 Å². The molecule has 0 radical (unpaired) electrons. The zero-order valence-corrected chi connectivity index (χ0v) is 18.7. The Bertz CT molecular complexity index is 1190. The maximum atomic E-state index is 12.7. The van der Waals surface area contributed by atoms with Crippen LogP contribution in [0.3, 0.4) is 0 Å². The molecule has 32 heavy (non-hydrogen) atoms. The van der Waals surface area contributed by atoms with Gasteiger partial charge in [0.2, 0.25) is 0 Å². The quantitative estimate of drug-likeness (QED) is 0.530. The number of nitrogens with zero attached hydrogens (tertiary/aromatic N) is 4. The highest BCUT2D eigenvalue weighted by atomic mass is 32.2. The van der Waals surface area contributed by atoms with Crippen LogP contribution in [0.2, 0.25) is 0 Å². The molecule has 2 aliphatic heterocycles. The fraction of sp³-hybridized carbons (Fsp3) is 0.240. The van der Waals surface area contributed by atoms with Crippen molar-refractivity contribution in [1.29, 1.82) is 0 Å². The molecule has 1 amide bonds. The second kappa shape index (κ2) is 9.04. The van der Waals surface area contributed by atoms with Gasteiger partial charge in [0.25, 0.3) is 5.91 Å². The van der Waals surface area contributed by atoms with Crippen LogP contribution >= 0.6 is 11.8 Å². The predicted octanol–water partition coefficient (Wildman–Crippen LogP) is 5.00. The number of methoxy groups -OCH3 is 1. The van der Waals surface area contributed by atoms with Crippen molar-refractivity contribution in [3.63, 3.8) is 0 Å². The van der Waals surface area contributed by atoms with Gasteiger partial charge >= 0.3 is 0 Å². The van der Waals surface area contributed by atoms with Crippen LogP contribution in [0.5, 0.6) is 5.75 Å². The van der Waals surface area contributed by atoms with Crippen molar-refractivity contribution in [2.24, 2.45) is 4.99 Å². The van der Waals surface area contributed by atoms with Crippen LogP contribution in [0, 0.1) is 0 Å². The summed E-state index contributed by atoms with van der Waals surface area (Å²) in [7, 11) is 1.65. The van der Waals surface area contributed by atoms with Crippen LogP contribution in [-0.4, -0.2) is 46.0 Å². The van der Waals surface area contributed by atoms with E-state index in [2.05, 4.69) is 9.89 Å². The molecule has 162 valence electrons. The Labute approximate surface area is 191 Å². The number of hydrogen-bond acceptors (Lipinski definition) is 5. The molecule has 0 bridgehead atoms. The van der Waals surface area contributed by atoms with Crippen molar-refractivity contribution in [1.82, 2.24) is 14.7 Å². The fourth-order valence-corrected chi connectivity index (χ4v) is 4.92. The minimum Gasteiger partial charge on any atom is -0.497 e. The Morgan fingerprint density at radius 2 is 1.84 bits per heavy atom. The van der Waals surface area contributed by atoms with E-state index in [1.807, 2.05) is 71.6 Å². The van der Waals surface area contributed by atoms with Crippen LogP contribution < -0.4 is 4.74 Å². The van der Waals surface area contributed by atoms with Crippen LogP contribution in [0.1, 0.15) is 24.8 Å². The highest BCUT2D eigenvalue weighted by Gasteiger charge is 2.27. The second-order valence-corrected chi connectivity index (χ2v) is 8.81. The van der Waals surface area contributed by atoms with Crippen LogP contribution in [0.15, 0.2) is 70.7 Å². The van der Waals surface area contributed by atoms with Crippen LogP contribution in [0.25, 0.3) is 23.0 Å². The molecule has 0 N–H and O–H groups in total. The van der Waals surface area contributed by atoms with Gasteiger partial charge in [-0.2, -0.15) is 10.1 Å². The molecule has 6 nitrogen and oxygen atoms in total. The van der Waals surface area contributed by atoms with Gasteiger partial charge in [0.15, 0.2) is 5.17 Å². The number of piperidine rings is 1. The van der Waals surface area contributed by atoms with Crippen molar-refractivity contribution < 1.29 is 9.53 Å². The molecule has 0 saturated carbocycles. The number of amides is 1. The second-order valence-electron chi connectivity index (χ2n) is 7.80. The van der Waals surface area contributed by atoms with Gasteiger partial charge in [-0.3, -0.25) is 4.79 Å². The molecular weight excluding hydrogens is 420 g/mol. The van der Waals surface area contributed by atoms with E-state index in [1.54, 1.807) is 7.11 Å². The first kappa shape index (κ1) is 20.6. The van der Waals surface area contributed by atoms with E-state index in [0.29, 0.717) is 4.91 Å². The lowest BCUT2D eigenvalue weighted by atomic mass is 10.1. The third-order valence-corrected chi connectivity index (χ3v) is 6.67. The van der Waals surface area contributed by atoms with Gasteiger partial charge in [0.05, 0.1) is 17.7 Å². The Balaban J connectivity index is 1.52. The topological polar surface area (TPSA) is 59.7 Å². The summed E-state index contributed by atoms with van der Waals surface area (Å²) in [5.41, 5.74) is 3.54. The van der Waals surface area contributed by atoms with Gasteiger partial charge < -0.3 is 9.64 Å². The number of aliphatic imine (C=N–C) groups is 1. The largest absolute Gasteiger partial charge is 0.497 e. The molecule has 2 aliphatic rings. The number of carbonyl (C=O) groups is 1. The number of thioether (sulfide) groups is 1. The molecule has 2 aromatic carbocycles. The monoisotopic (exact) mass is 444 g/mol. The number of amidine groups is 1. The zero-order valence-electron chi connectivity index (χ0n) is 17.9. The van der Waals surface area contributed by atoms with E-state index in [-0.39, 0.29) is 5.91 Å². The zero-order chi connectivity index (χ0) is 21.9. The number of hydrogen-bond donors (Lipinski definition) is 0. The lowest BCUT2D eigenvalue weighted by molar-refractivity contribution is -0.113. The molecule has 3 heterocycles. The summed E-state index contributed by atoms with van der Waals surface area (Å²) in [5.74, 6) is 0.581. The summed E-state index contributed by atoms with van der Waals surface area (Å²) in [5, 5.41) is 5.67. The van der Waals surface area contributed by atoms with Gasteiger partial charge in [-0.05, 0) is 61.4 Å². The van der Waals surface area contributed by atoms with Gasteiger partial charge in [0.1, 0.15) is 11.4 Å². The van der Waals surface area contributed by atoms with Crippen molar-refractivity contribution in [3.8, 4) is 22.7 Å². The number of benzene rings is 2. The van der Waals surface area contributed by atoms with Gasteiger partial charge in [-0.15, -0.1) is 0 Å². The number of carbonyl (C=O) groups excluding carboxylic acids is 1. The average Bonchev–Trinajstić information content (AvgIpc) is 3.44. The molecule has 0 spiro atoms. The number of likely N-dealkylation sites (tertiary alicyclic amines) is 1. The van der Waals surface area contributed by atoms with Crippen LogP contribution in [0.4, 0.5) is 0 Å². The van der Waals surface area contributed by atoms with Crippen molar-refractivity contribution in [2.45, 2.75) is 19.3 Å². The highest BCUT2D eigenvalue weighted by molar-refractivity contribution is 8.18. The SMILES string of the molecule is COc1cccc(-c2nn(-c3ccccc3)cc2/C=C2\SC(N3CCCCC3)=NC2=O)c1. The summed E-state index contributed by atoms with van der Waals surface area (Å²) in [6, 6.07) is 17.8. The molecule has 0 aliphatic carbocycles. The Morgan fingerprint density at radius 1 is 1.03 bits per heavy atom.